The van der Waals surface area contributed by atoms with E-state index < -0.39 is 11.7 Å². The molecule has 0 amide bonds. The molecule has 0 saturated heterocycles. The van der Waals surface area contributed by atoms with E-state index in [9.17, 15) is 17.6 Å². The molecule has 0 atom stereocenters. The zero-order chi connectivity index (χ0) is 20.5. The first kappa shape index (κ1) is 20.2. The van der Waals surface area contributed by atoms with Gasteiger partial charge in [-0.05, 0) is 61.2 Å². The van der Waals surface area contributed by atoms with Gasteiger partial charge in [0.1, 0.15) is 5.82 Å². The minimum atomic E-state index is -4.35. The summed E-state index contributed by atoms with van der Waals surface area (Å²) in [7, 11) is 3.60. The standard InChI is InChI=1S/C19H18F4N4S/c1-25(11-13-3-7-15(8-4-13)19(21,22)23)12-27-18(28)26(2)17(24-27)14-5-9-16(20)10-6-14/h3-10H,11-12H2,1-2H3. The van der Waals surface area contributed by atoms with Gasteiger partial charge in [0.2, 0.25) is 0 Å². The Morgan fingerprint density at radius 3 is 2.21 bits per heavy atom. The van der Waals surface area contributed by atoms with Crippen LogP contribution in [0.3, 0.4) is 0 Å². The molecule has 0 saturated carbocycles. The third-order valence-electron chi connectivity index (χ3n) is 4.25. The summed E-state index contributed by atoms with van der Waals surface area (Å²) >= 11 is 5.42. The Bertz CT molecular complexity index is 1000. The molecular weight excluding hydrogens is 392 g/mol. The molecule has 3 aromatic rings. The predicted molar refractivity (Wildman–Crippen MR) is 100 cm³/mol. The van der Waals surface area contributed by atoms with Gasteiger partial charge in [-0.2, -0.15) is 18.3 Å². The molecule has 0 aliphatic heterocycles. The number of alkyl halides is 3. The number of rotatable bonds is 5. The molecule has 0 bridgehead atoms. The first-order chi connectivity index (χ1) is 13.1. The maximum Gasteiger partial charge on any atom is 0.416 e. The summed E-state index contributed by atoms with van der Waals surface area (Å²) in [5, 5.41) is 4.50. The Morgan fingerprint density at radius 2 is 1.64 bits per heavy atom. The van der Waals surface area contributed by atoms with Gasteiger partial charge in [0, 0.05) is 19.2 Å². The summed E-state index contributed by atoms with van der Waals surface area (Å²) < 4.78 is 55.0. The van der Waals surface area contributed by atoms with E-state index in [1.54, 1.807) is 28.4 Å². The van der Waals surface area contributed by atoms with E-state index in [0.29, 0.717) is 23.8 Å². The predicted octanol–water partition coefficient (Wildman–Crippen LogP) is 4.87. The van der Waals surface area contributed by atoms with Gasteiger partial charge >= 0.3 is 6.18 Å². The molecule has 4 nitrogen and oxygen atoms in total. The van der Waals surface area contributed by atoms with Gasteiger partial charge in [-0.3, -0.25) is 4.90 Å². The van der Waals surface area contributed by atoms with E-state index in [2.05, 4.69) is 5.10 Å². The van der Waals surface area contributed by atoms with Crippen molar-refractivity contribution in [1.82, 2.24) is 19.2 Å². The van der Waals surface area contributed by atoms with E-state index in [1.807, 2.05) is 11.9 Å². The molecule has 3 rings (SSSR count). The fourth-order valence-electron chi connectivity index (χ4n) is 2.82. The molecule has 148 valence electrons. The second-order valence-corrected chi connectivity index (χ2v) is 6.89. The van der Waals surface area contributed by atoms with Gasteiger partial charge in [0.05, 0.1) is 12.2 Å². The molecular formula is C19H18F4N4S. The number of nitrogens with zero attached hydrogens (tertiary/aromatic N) is 4. The van der Waals surface area contributed by atoms with Crippen LogP contribution in [0.2, 0.25) is 0 Å². The average molecular weight is 410 g/mol. The van der Waals surface area contributed by atoms with Crippen molar-refractivity contribution < 1.29 is 17.6 Å². The van der Waals surface area contributed by atoms with Gasteiger partial charge in [0.25, 0.3) is 0 Å². The fourth-order valence-corrected chi connectivity index (χ4v) is 3.00. The maximum atomic E-state index is 13.1. The van der Waals surface area contributed by atoms with Crippen LogP contribution in [0.15, 0.2) is 48.5 Å². The van der Waals surface area contributed by atoms with Crippen LogP contribution in [0, 0.1) is 10.6 Å². The highest BCUT2D eigenvalue weighted by Gasteiger charge is 2.29. The summed E-state index contributed by atoms with van der Waals surface area (Å²) in [6.45, 7) is 0.789. The summed E-state index contributed by atoms with van der Waals surface area (Å²) in [5.41, 5.74) is 0.811. The summed E-state index contributed by atoms with van der Waals surface area (Å²) in [6.07, 6.45) is -4.35. The number of halogens is 4. The lowest BCUT2D eigenvalue weighted by Crippen LogP contribution is -2.22. The first-order valence-electron chi connectivity index (χ1n) is 8.39. The number of hydrogen-bond acceptors (Lipinski definition) is 3. The number of benzene rings is 2. The van der Waals surface area contributed by atoms with Crippen molar-refractivity contribution >= 4 is 12.2 Å². The van der Waals surface area contributed by atoms with Crippen molar-refractivity contribution in [2.45, 2.75) is 19.4 Å². The van der Waals surface area contributed by atoms with Crippen LogP contribution in [-0.2, 0) is 26.4 Å². The summed E-state index contributed by atoms with van der Waals surface area (Å²) in [5.74, 6) is 0.272. The Labute approximate surface area is 164 Å². The highest BCUT2D eigenvalue weighted by atomic mass is 32.1. The number of aromatic nitrogens is 3. The zero-order valence-corrected chi connectivity index (χ0v) is 16.1. The van der Waals surface area contributed by atoms with Crippen molar-refractivity contribution in [3.8, 4) is 11.4 Å². The van der Waals surface area contributed by atoms with Crippen molar-refractivity contribution in [3.05, 3.63) is 70.2 Å². The summed E-state index contributed by atoms with van der Waals surface area (Å²) in [6, 6.07) is 11.0. The molecule has 28 heavy (non-hydrogen) atoms. The van der Waals surface area contributed by atoms with E-state index in [1.165, 1.54) is 24.3 Å². The Hall–Kier alpha value is -2.52. The quantitative estimate of drug-likeness (QED) is 0.444. The van der Waals surface area contributed by atoms with Crippen LogP contribution < -0.4 is 0 Å². The molecule has 9 heteroatoms. The Kier molecular flexibility index (Phi) is 5.66. The van der Waals surface area contributed by atoms with Crippen LogP contribution >= 0.6 is 12.2 Å². The lowest BCUT2D eigenvalue weighted by Gasteiger charge is -2.17. The van der Waals surface area contributed by atoms with Crippen LogP contribution in [-0.4, -0.2) is 26.3 Å². The van der Waals surface area contributed by atoms with Crippen molar-refractivity contribution in [2.24, 2.45) is 7.05 Å². The molecule has 2 aromatic carbocycles. The first-order valence-corrected chi connectivity index (χ1v) is 8.80. The minimum Gasteiger partial charge on any atom is -0.303 e. The molecule has 0 spiro atoms. The smallest absolute Gasteiger partial charge is 0.303 e. The van der Waals surface area contributed by atoms with Crippen molar-refractivity contribution in [3.63, 3.8) is 0 Å². The zero-order valence-electron chi connectivity index (χ0n) is 15.2. The van der Waals surface area contributed by atoms with Crippen LogP contribution in [0.4, 0.5) is 17.6 Å². The largest absolute Gasteiger partial charge is 0.416 e. The van der Waals surface area contributed by atoms with Gasteiger partial charge in [-0.15, -0.1) is 0 Å². The molecule has 0 aliphatic rings. The molecule has 1 aromatic heterocycles. The molecule has 0 unspecified atom stereocenters. The maximum absolute atomic E-state index is 13.1. The molecule has 0 N–H and O–H groups in total. The third-order valence-corrected chi connectivity index (χ3v) is 4.74. The highest BCUT2D eigenvalue weighted by Crippen LogP contribution is 2.29. The van der Waals surface area contributed by atoms with E-state index >= 15 is 0 Å². The van der Waals surface area contributed by atoms with E-state index in [0.717, 1.165) is 23.3 Å². The third kappa shape index (κ3) is 4.48. The van der Waals surface area contributed by atoms with Crippen LogP contribution in [0.1, 0.15) is 11.1 Å². The monoisotopic (exact) mass is 410 g/mol. The highest BCUT2D eigenvalue weighted by molar-refractivity contribution is 7.71. The molecule has 0 fully saturated rings. The fraction of sp³-hybridized carbons (Fsp3) is 0.263. The lowest BCUT2D eigenvalue weighted by atomic mass is 10.1. The Balaban J connectivity index is 1.74. The minimum absolute atomic E-state index is 0.333. The molecule has 0 aliphatic carbocycles. The second-order valence-electron chi connectivity index (χ2n) is 6.52. The summed E-state index contributed by atoms with van der Waals surface area (Å²) in [4.78, 5) is 1.89. The second kappa shape index (κ2) is 7.84. The van der Waals surface area contributed by atoms with Crippen LogP contribution in [0.25, 0.3) is 11.4 Å². The normalized spacial score (nSPS) is 12.0. The van der Waals surface area contributed by atoms with E-state index in [-0.39, 0.29) is 5.82 Å². The van der Waals surface area contributed by atoms with Crippen LogP contribution in [0.5, 0.6) is 0 Å². The SMILES string of the molecule is CN(Cc1ccc(C(F)(F)F)cc1)Cn1nc(-c2ccc(F)cc2)n(C)c1=S. The van der Waals surface area contributed by atoms with Crippen molar-refractivity contribution in [2.75, 3.05) is 7.05 Å². The lowest BCUT2D eigenvalue weighted by molar-refractivity contribution is -0.137. The van der Waals surface area contributed by atoms with Crippen molar-refractivity contribution in [1.29, 1.82) is 0 Å². The van der Waals surface area contributed by atoms with Gasteiger partial charge < -0.3 is 4.57 Å². The molecule has 1 heterocycles. The average Bonchev–Trinajstić information content (AvgIpc) is 2.90. The topological polar surface area (TPSA) is 26.0 Å². The van der Waals surface area contributed by atoms with Gasteiger partial charge in [0.15, 0.2) is 10.6 Å². The number of hydrogen-bond donors (Lipinski definition) is 0. The van der Waals surface area contributed by atoms with E-state index in [4.69, 9.17) is 12.2 Å². The van der Waals surface area contributed by atoms with Gasteiger partial charge in [-0.1, -0.05) is 12.1 Å². The molecule has 0 radical (unpaired) electrons. The van der Waals surface area contributed by atoms with Gasteiger partial charge in [-0.25, -0.2) is 9.07 Å². The Morgan fingerprint density at radius 1 is 1.04 bits per heavy atom.